The molecule has 0 aliphatic heterocycles. The van der Waals surface area contributed by atoms with Gasteiger partial charge in [-0.1, -0.05) is 6.07 Å². The topological polar surface area (TPSA) is 30.2 Å². The molecule has 2 atom stereocenters. The van der Waals surface area contributed by atoms with Gasteiger partial charge in [-0.25, -0.2) is 9.50 Å². The molecule has 2 aromatic heterocycles. The molecule has 1 fully saturated rings. The van der Waals surface area contributed by atoms with Gasteiger partial charge in [-0.2, -0.15) is 18.3 Å². The highest BCUT2D eigenvalue weighted by Crippen LogP contribution is 2.55. The monoisotopic (exact) mass is 227 g/mol. The van der Waals surface area contributed by atoms with Crippen molar-refractivity contribution in [3.05, 3.63) is 30.2 Å². The van der Waals surface area contributed by atoms with Crippen molar-refractivity contribution in [2.45, 2.75) is 18.5 Å². The molecule has 84 valence electrons. The van der Waals surface area contributed by atoms with E-state index in [2.05, 4.69) is 10.1 Å². The van der Waals surface area contributed by atoms with Crippen LogP contribution in [-0.2, 0) is 0 Å². The molecule has 0 amide bonds. The van der Waals surface area contributed by atoms with Crippen molar-refractivity contribution in [2.24, 2.45) is 5.92 Å². The van der Waals surface area contributed by atoms with E-state index in [-0.39, 0.29) is 6.42 Å². The van der Waals surface area contributed by atoms with Crippen LogP contribution in [0.3, 0.4) is 0 Å². The molecule has 16 heavy (non-hydrogen) atoms. The van der Waals surface area contributed by atoms with Gasteiger partial charge in [0.2, 0.25) is 0 Å². The maximum Gasteiger partial charge on any atom is 0.392 e. The summed E-state index contributed by atoms with van der Waals surface area (Å²) >= 11 is 0. The van der Waals surface area contributed by atoms with Crippen LogP contribution in [0.25, 0.3) is 5.65 Å². The van der Waals surface area contributed by atoms with Crippen molar-refractivity contribution in [2.75, 3.05) is 0 Å². The molecule has 6 heteroatoms. The molecule has 0 radical (unpaired) electrons. The fourth-order valence-electron chi connectivity index (χ4n) is 1.98. The van der Waals surface area contributed by atoms with Gasteiger partial charge in [0, 0.05) is 6.20 Å². The van der Waals surface area contributed by atoms with E-state index >= 15 is 0 Å². The first-order valence-electron chi connectivity index (χ1n) is 4.92. The summed E-state index contributed by atoms with van der Waals surface area (Å²) < 4.78 is 38.7. The highest BCUT2D eigenvalue weighted by Gasteiger charge is 2.56. The van der Waals surface area contributed by atoms with Crippen molar-refractivity contribution >= 4 is 5.65 Å². The third kappa shape index (κ3) is 1.45. The molecule has 0 bridgehead atoms. The molecule has 1 aliphatic rings. The van der Waals surface area contributed by atoms with Gasteiger partial charge in [-0.05, 0) is 24.0 Å². The number of hydrogen-bond donors (Lipinski definition) is 0. The predicted octanol–water partition coefficient (Wildman–Crippen LogP) is 2.40. The summed E-state index contributed by atoms with van der Waals surface area (Å²) in [7, 11) is 0. The van der Waals surface area contributed by atoms with E-state index in [0.29, 0.717) is 11.2 Å². The molecule has 0 saturated heterocycles. The largest absolute Gasteiger partial charge is 0.392 e. The Morgan fingerprint density at radius 2 is 2.12 bits per heavy atom. The van der Waals surface area contributed by atoms with Gasteiger partial charge in [-0.3, -0.25) is 0 Å². The number of hydrogen-bond acceptors (Lipinski definition) is 2. The minimum absolute atomic E-state index is 0.184. The SMILES string of the molecule is FC(F)(F)[C@@H]1C[C@H]1c1ccc2ncnn2c1. The van der Waals surface area contributed by atoms with E-state index in [1.807, 2.05) is 0 Å². The molecule has 2 aromatic rings. The summed E-state index contributed by atoms with van der Waals surface area (Å²) in [5, 5.41) is 3.90. The Bertz CT molecular complexity index is 531. The van der Waals surface area contributed by atoms with Crippen molar-refractivity contribution < 1.29 is 13.2 Å². The van der Waals surface area contributed by atoms with E-state index in [1.165, 1.54) is 10.8 Å². The van der Waals surface area contributed by atoms with Gasteiger partial charge in [-0.15, -0.1) is 0 Å². The molecule has 3 nitrogen and oxygen atoms in total. The van der Waals surface area contributed by atoms with E-state index in [0.717, 1.165) is 0 Å². The maximum absolute atomic E-state index is 12.4. The second-order valence-electron chi connectivity index (χ2n) is 4.02. The summed E-state index contributed by atoms with van der Waals surface area (Å²) in [6.45, 7) is 0. The highest BCUT2D eigenvalue weighted by molar-refractivity contribution is 5.39. The molecule has 0 unspecified atom stereocenters. The maximum atomic E-state index is 12.4. The number of alkyl halides is 3. The third-order valence-electron chi connectivity index (χ3n) is 2.94. The van der Waals surface area contributed by atoms with Crippen LogP contribution in [0, 0.1) is 5.92 Å². The second kappa shape index (κ2) is 2.96. The van der Waals surface area contributed by atoms with Gasteiger partial charge in [0.05, 0.1) is 5.92 Å². The van der Waals surface area contributed by atoms with Gasteiger partial charge in [0.1, 0.15) is 6.33 Å². The first-order chi connectivity index (χ1) is 7.55. The van der Waals surface area contributed by atoms with Gasteiger partial charge < -0.3 is 0 Å². The quantitative estimate of drug-likeness (QED) is 0.748. The molecule has 1 saturated carbocycles. The van der Waals surface area contributed by atoms with Crippen LogP contribution < -0.4 is 0 Å². The fourth-order valence-corrected chi connectivity index (χ4v) is 1.98. The fraction of sp³-hybridized carbons (Fsp3) is 0.400. The number of aromatic nitrogens is 3. The van der Waals surface area contributed by atoms with Crippen LogP contribution in [0.15, 0.2) is 24.7 Å². The summed E-state index contributed by atoms with van der Waals surface area (Å²) in [5.41, 5.74) is 1.33. The van der Waals surface area contributed by atoms with Crippen LogP contribution in [0.4, 0.5) is 13.2 Å². The summed E-state index contributed by atoms with van der Waals surface area (Å²) in [4.78, 5) is 3.94. The third-order valence-corrected chi connectivity index (χ3v) is 2.94. The lowest BCUT2D eigenvalue weighted by Crippen LogP contribution is -2.11. The van der Waals surface area contributed by atoms with E-state index in [9.17, 15) is 13.2 Å². The Balaban J connectivity index is 1.91. The average molecular weight is 227 g/mol. The lowest BCUT2D eigenvalue weighted by Gasteiger charge is -2.05. The van der Waals surface area contributed by atoms with E-state index in [1.54, 1.807) is 18.3 Å². The average Bonchev–Trinajstić information content (AvgIpc) is 2.89. The smallest absolute Gasteiger partial charge is 0.221 e. The van der Waals surface area contributed by atoms with Crippen molar-refractivity contribution in [3.63, 3.8) is 0 Å². The second-order valence-corrected chi connectivity index (χ2v) is 4.02. The minimum atomic E-state index is -4.08. The number of halogens is 3. The molecule has 2 heterocycles. The number of rotatable bonds is 1. The van der Waals surface area contributed by atoms with Gasteiger partial charge in [0.25, 0.3) is 0 Å². The summed E-state index contributed by atoms with van der Waals surface area (Å²) in [6, 6.07) is 3.38. The van der Waals surface area contributed by atoms with Gasteiger partial charge in [0.15, 0.2) is 5.65 Å². The molecule has 0 spiro atoms. The normalized spacial score (nSPS) is 24.9. The Kier molecular flexibility index (Phi) is 1.78. The zero-order valence-corrected chi connectivity index (χ0v) is 8.15. The zero-order chi connectivity index (χ0) is 11.3. The molecule has 0 N–H and O–H groups in total. The number of nitrogens with zero attached hydrogens (tertiary/aromatic N) is 3. The van der Waals surface area contributed by atoms with Crippen molar-refractivity contribution in [1.82, 2.24) is 14.6 Å². The van der Waals surface area contributed by atoms with E-state index in [4.69, 9.17) is 0 Å². The summed E-state index contributed by atoms with van der Waals surface area (Å²) in [6.07, 6.45) is -0.891. The first-order valence-corrected chi connectivity index (χ1v) is 4.92. The van der Waals surface area contributed by atoms with Crippen LogP contribution in [0.5, 0.6) is 0 Å². The van der Waals surface area contributed by atoms with Crippen LogP contribution in [0.2, 0.25) is 0 Å². The highest BCUT2D eigenvalue weighted by atomic mass is 19.4. The Morgan fingerprint density at radius 3 is 2.81 bits per heavy atom. The van der Waals surface area contributed by atoms with Crippen molar-refractivity contribution in [3.8, 4) is 0 Å². The standard InChI is InChI=1S/C10H8F3N3/c11-10(12,13)8-3-7(8)6-1-2-9-14-5-15-16(9)4-6/h1-2,4-5,7-8H,3H2/t7-,8+/m0/s1. The Morgan fingerprint density at radius 1 is 1.31 bits per heavy atom. The van der Waals surface area contributed by atoms with E-state index < -0.39 is 18.0 Å². The number of fused-ring (bicyclic) bond motifs is 1. The Hall–Kier alpha value is -1.59. The van der Waals surface area contributed by atoms with Gasteiger partial charge >= 0.3 is 6.18 Å². The van der Waals surface area contributed by atoms with Crippen LogP contribution >= 0.6 is 0 Å². The summed E-state index contributed by atoms with van der Waals surface area (Å²) in [5.74, 6) is -1.60. The number of pyridine rings is 1. The molecule has 0 aromatic carbocycles. The first kappa shape index (κ1) is 9.62. The Labute approximate surface area is 88.9 Å². The van der Waals surface area contributed by atoms with Crippen LogP contribution in [0.1, 0.15) is 17.9 Å². The van der Waals surface area contributed by atoms with Crippen LogP contribution in [-0.4, -0.2) is 20.8 Å². The molecular weight excluding hydrogens is 219 g/mol. The molecular formula is C10H8F3N3. The lowest BCUT2D eigenvalue weighted by atomic mass is 10.1. The van der Waals surface area contributed by atoms with Crippen molar-refractivity contribution in [1.29, 1.82) is 0 Å². The zero-order valence-electron chi connectivity index (χ0n) is 8.15. The molecule has 1 aliphatic carbocycles. The minimum Gasteiger partial charge on any atom is -0.221 e. The molecule has 3 rings (SSSR count). The lowest BCUT2D eigenvalue weighted by molar-refractivity contribution is -0.148. The predicted molar refractivity (Wildman–Crippen MR) is 49.9 cm³/mol.